The lowest BCUT2D eigenvalue weighted by molar-refractivity contribution is -0.385. The maximum Gasteiger partial charge on any atom is 0.273 e. The number of hydrogen-bond donors (Lipinski definition) is 2. The van der Waals surface area contributed by atoms with Crippen molar-refractivity contribution in [2.24, 2.45) is 0 Å². The Hall–Kier alpha value is -3.60. The minimum absolute atomic E-state index is 0.130. The molecule has 0 spiro atoms. The molecule has 1 aromatic heterocycles. The van der Waals surface area contributed by atoms with Crippen LogP contribution in [0.25, 0.3) is 10.9 Å². The number of aromatic amines is 1. The zero-order chi connectivity index (χ0) is 18.8. The molecule has 0 bridgehead atoms. The third-order valence-electron chi connectivity index (χ3n) is 4.91. The van der Waals surface area contributed by atoms with Crippen molar-refractivity contribution in [1.29, 1.82) is 0 Å². The van der Waals surface area contributed by atoms with Gasteiger partial charge in [0.2, 0.25) is 0 Å². The summed E-state index contributed by atoms with van der Waals surface area (Å²) in [6.07, 6.45) is 1.96. The van der Waals surface area contributed by atoms with Gasteiger partial charge in [-0.15, -0.1) is 0 Å². The van der Waals surface area contributed by atoms with Crippen molar-refractivity contribution in [2.75, 3.05) is 12.4 Å². The fourth-order valence-corrected chi connectivity index (χ4v) is 3.60. The molecular formula is C22H19N3O2. The number of nitrogens with zero attached hydrogens (tertiary/aromatic N) is 1. The van der Waals surface area contributed by atoms with E-state index >= 15 is 0 Å². The summed E-state index contributed by atoms with van der Waals surface area (Å²) in [6, 6.07) is 23.0. The maximum absolute atomic E-state index is 11.7. The number of para-hydroxylation sites is 2. The van der Waals surface area contributed by atoms with Crippen LogP contribution in [0.1, 0.15) is 22.6 Å². The van der Waals surface area contributed by atoms with Crippen LogP contribution in [-0.4, -0.2) is 17.0 Å². The van der Waals surface area contributed by atoms with E-state index in [4.69, 9.17) is 0 Å². The molecular weight excluding hydrogens is 338 g/mol. The normalized spacial score (nSPS) is 12.0. The molecule has 4 rings (SSSR count). The fourth-order valence-electron chi connectivity index (χ4n) is 3.60. The minimum atomic E-state index is -0.306. The number of aromatic nitrogens is 1. The molecule has 0 aliphatic rings. The summed E-state index contributed by atoms with van der Waals surface area (Å²) in [5.41, 5.74) is 4.86. The fraction of sp³-hybridized carbons (Fsp3) is 0.0909. The molecule has 134 valence electrons. The second-order valence-corrected chi connectivity index (χ2v) is 6.41. The van der Waals surface area contributed by atoms with E-state index in [1.54, 1.807) is 12.1 Å². The van der Waals surface area contributed by atoms with Gasteiger partial charge in [-0.1, -0.05) is 48.5 Å². The number of anilines is 1. The lowest BCUT2D eigenvalue weighted by Gasteiger charge is -2.18. The summed E-state index contributed by atoms with van der Waals surface area (Å²) in [4.78, 5) is 14.7. The van der Waals surface area contributed by atoms with Crippen LogP contribution in [0, 0.1) is 10.1 Å². The Morgan fingerprint density at radius 3 is 2.37 bits per heavy atom. The highest BCUT2D eigenvalue weighted by molar-refractivity contribution is 5.85. The van der Waals surface area contributed by atoms with Gasteiger partial charge in [-0.3, -0.25) is 10.1 Å². The van der Waals surface area contributed by atoms with E-state index in [2.05, 4.69) is 10.3 Å². The van der Waals surface area contributed by atoms with Gasteiger partial charge in [0.15, 0.2) is 0 Å². The Labute approximate surface area is 156 Å². The molecule has 0 radical (unpaired) electrons. The van der Waals surface area contributed by atoms with E-state index in [0.29, 0.717) is 5.56 Å². The molecule has 1 unspecified atom stereocenters. The number of hydrogen-bond acceptors (Lipinski definition) is 3. The van der Waals surface area contributed by atoms with Crippen LogP contribution >= 0.6 is 0 Å². The van der Waals surface area contributed by atoms with Gasteiger partial charge in [-0.05, 0) is 29.3 Å². The Bertz CT molecular complexity index is 1100. The van der Waals surface area contributed by atoms with E-state index in [1.165, 1.54) is 0 Å². The standard InChI is InChI=1S/C22H19N3O2/c1-23-16-12-10-15(11-13-16)22(18-7-3-5-9-21(18)25(26)27)19-14-24-20-8-4-2-6-17(19)20/h2-14,22-24H,1H3. The molecule has 1 atom stereocenters. The van der Waals surface area contributed by atoms with Gasteiger partial charge in [0, 0.05) is 47.4 Å². The zero-order valence-corrected chi connectivity index (χ0v) is 14.8. The number of benzene rings is 3. The summed E-state index contributed by atoms with van der Waals surface area (Å²) in [5, 5.41) is 15.9. The SMILES string of the molecule is CNc1ccc(C(c2ccccc2[N+](=O)[O-])c2c[nH]c3ccccc23)cc1. The van der Waals surface area contributed by atoms with E-state index in [9.17, 15) is 10.1 Å². The van der Waals surface area contributed by atoms with Crippen LogP contribution in [0.5, 0.6) is 0 Å². The van der Waals surface area contributed by atoms with Gasteiger partial charge in [0.05, 0.1) is 4.92 Å². The highest BCUT2D eigenvalue weighted by Gasteiger charge is 2.26. The highest BCUT2D eigenvalue weighted by atomic mass is 16.6. The molecule has 0 aliphatic carbocycles. The minimum Gasteiger partial charge on any atom is -0.388 e. The second kappa shape index (κ2) is 6.96. The van der Waals surface area contributed by atoms with Gasteiger partial charge in [0.1, 0.15) is 0 Å². The Kier molecular flexibility index (Phi) is 4.34. The predicted octanol–water partition coefficient (Wildman–Crippen LogP) is 5.30. The van der Waals surface area contributed by atoms with Crippen molar-refractivity contribution < 1.29 is 4.92 Å². The van der Waals surface area contributed by atoms with Gasteiger partial charge in [-0.2, -0.15) is 0 Å². The Morgan fingerprint density at radius 2 is 1.63 bits per heavy atom. The molecule has 5 nitrogen and oxygen atoms in total. The molecule has 27 heavy (non-hydrogen) atoms. The number of H-pyrrole nitrogens is 1. The van der Waals surface area contributed by atoms with Crippen molar-refractivity contribution in [2.45, 2.75) is 5.92 Å². The number of nitrogens with one attached hydrogen (secondary N) is 2. The first-order valence-corrected chi connectivity index (χ1v) is 8.76. The van der Waals surface area contributed by atoms with E-state index < -0.39 is 0 Å². The lowest BCUT2D eigenvalue weighted by Crippen LogP contribution is -2.06. The molecule has 4 aromatic rings. The molecule has 5 heteroatoms. The van der Waals surface area contributed by atoms with E-state index in [1.807, 2.05) is 73.9 Å². The van der Waals surface area contributed by atoms with Gasteiger partial charge < -0.3 is 10.3 Å². The number of fused-ring (bicyclic) bond motifs is 1. The van der Waals surface area contributed by atoms with Crippen molar-refractivity contribution >= 4 is 22.3 Å². The van der Waals surface area contributed by atoms with E-state index in [0.717, 1.165) is 27.7 Å². The van der Waals surface area contributed by atoms with Crippen LogP contribution < -0.4 is 5.32 Å². The predicted molar refractivity (Wildman–Crippen MR) is 108 cm³/mol. The first-order chi connectivity index (χ1) is 13.2. The maximum atomic E-state index is 11.7. The van der Waals surface area contributed by atoms with Crippen molar-refractivity contribution in [3.8, 4) is 0 Å². The van der Waals surface area contributed by atoms with Crippen LogP contribution in [-0.2, 0) is 0 Å². The van der Waals surface area contributed by atoms with Gasteiger partial charge in [0.25, 0.3) is 5.69 Å². The summed E-state index contributed by atoms with van der Waals surface area (Å²) >= 11 is 0. The number of nitro benzene ring substituents is 1. The lowest BCUT2D eigenvalue weighted by atomic mass is 9.84. The quantitative estimate of drug-likeness (QED) is 0.376. The van der Waals surface area contributed by atoms with Crippen molar-refractivity contribution in [3.05, 3.63) is 106 Å². The third kappa shape index (κ3) is 3.04. The monoisotopic (exact) mass is 357 g/mol. The first kappa shape index (κ1) is 16.8. The molecule has 0 amide bonds. The van der Waals surface area contributed by atoms with Crippen LogP contribution in [0.15, 0.2) is 79.0 Å². The highest BCUT2D eigenvalue weighted by Crippen LogP contribution is 2.40. The van der Waals surface area contributed by atoms with Crippen molar-refractivity contribution in [3.63, 3.8) is 0 Å². The van der Waals surface area contributed by atoms with Crippen molar-refractivity contribution in [1.82, 2.24) is 4.98 Å². The molecule has 0 saturated carbocycles. The van der Waals surface area contributed by atoms with Gasteiger partial charge in [-0.25, -0.2) is 0 Å². The molecule has 0 saturated heterocycles. The van der Waals surface area contributed by atoms with Crippen LogP contribution in [0.2, 0.25) is 0 Å². The zero-order valence-electron chi connectivity index (χ0n) is 14.8. The Balaban J connectivity index is 1.97. The summed E-state index contributed by atoms with van der Waals surface area (Å²) in [7, 11) is 1.87. The Morgan fingerprint density at radius 1 is 0.926 bits per heavy atom. The summed E-state index contributed by atoms with van der Waals surface area (Å²) in [5.74, 6) is -0.242. The topological polar surface area (TPSA) is 71.0 Å². The first-order valence-electron chi connectivity index (χ1n) is 8.76. The number of nitro groups is 1. The molecule has 2 N–H and O–H groups in total. The average molecular weight is 357 g/mol. The molecule has 3 aromatic carbocycles. The number of rotatable bonds is 5. The molecule has 0 aliphatic heterocycles. The molecule has 0 fully saturated rings. The third-order valence-corrected chi connectivity index (χ3v) is 4.91. The smallest absolute Gasteiger partial charge is 0.273 e. The van der Waals surface area contributed by atoms with Gasteiger partial charge >= 0.3 is 0 Å². The van der Waals surface area contributed by atoms with E-state index in [-0.39, 0.29) is 16.5 Å². The van der Waals surface area contributed by atoms with Crippen LogP contribution in [0.4, 0.5) is 11.4 Å². The summed E-state index contributed by atoms with van der Waals surface area (Å²) in [6.45, 7) is 0. The summed E-state index contributed by atoms with van der Waals surface area (Å²) < 4.78 is 0. The largest absolute Gasteiger partial charge is 0.388 e. The molecule has 1 heterocycles. The van der Waals surface area contributed by atoms with Crippen LogP contribution in [0.3, 0.4) is 0 Å². The second-order valence-electron chi connectivity index (χ2n) is 6.41. The average Bonchev–Trinajstić information content (AvgIpc) is 3.13.